The van der Waals surface area contributed by atoms with Crippen molar-refractivity contribution in [2.24, 2.45) is 0 Å². The number of rotatable bonds is 6. The molecule has 0 bridgehead atoms. The molecule has 10 unspecified atom stereocenters. The number of benzene rings is 2. The van der Waals surface area contributed by atoms with E-state index in [0.29, 0.717) is 0 Å². The highest BCUT2D eigenvalue weighted by atomic mass is 16.7. The van der Waals surface area contributed by atoms with Crippen LogP contribution >= 0.6 is 0 Å². The molecule has 0 aliphatic carbocycles. The molecule has 2 aliphatic heterocycles. The highest BCUT2D eigenvalue weighted by Gasteiger charge is 2.47. The first-order valence-corrected chi connectivity index (χ1v) is 13.0. The maximum Gasteiger partial charge on any atom is 0.239 e. The molecule has 0 amide bonds. The first-order valence-electron chi connectivity index (χ1n) is 13.0. The fourth-order valence-corrected chi connectivity index (χ4v) is 4.84. The van der Waals surface area contributed by atoms with Crippen LogP contribution in [0.2, 0.25) is 0 Å². The van der Waals surface area contributed by atoms with Crippen LogP contribution in [0.25, 0.3) is 22.3 Å². The molecule has 5 rings (SSSR count). The van der Waals surface area contributed by atoms with Crippen molar-refractivity contribution >= 4 is 11.0 Å². The van der Waals surface area contributed by atoms with Gasteiger partial charge in [0.2, 0.25) is 17.5 Å². The number of ether oxygens (including phenoxy) is 4. The summed E-state index contributed by atoms with van der Waals surface area (Å²) in [4.78, 5) is 13.6. The van der Waals surface area contributed by atoms with Gasteiger partial charge >= 0.3 is 0 Å². The third kappa shape index (κ3) is 5.97. The van der Waals surface area contributed by atoms with Crippen LogP contribution in [0.3, 0.4) is 0 Å². The van der Waals surface area contributed by atoms with Crippen molar-refractivity contribution in [1.82, 2.24) is 0 Å². The summed E-state index contributed by atoms with van der Waals surface area (Å²) in [6.45, 7) is 0.818. The first kappa shape index (κ1) is 33.1. The maximum atomic E-state index is 13.6. The molecule has 0 spiro atoms. The normalized spacial score (nSPS) is 32.2. The molecule has 242 valence electrons. The van der Waals surface area contributed by atoms with Crippen molar-refractivity contribution in [1.29, 1.82) is 0 Å². The first-order chi connectivity index (χ1) is 20.3. The van der Waals surface area contributed by atoms with Gasteiger partial charge in [-0.1, -0.05) is 0 Å². The standard InChI is InChI=1S/C27H30O16.H2O/c1-8-17(32)20(35)22(37)26(40-8)39-7-15-18(33)21(36)23(38)27(42-15)43-25-19(34)16-13(31)5-10(28)6-14(16)41-24(25)9-2-3-11(29)12(30)4-9;/h2-6,8,15,17-18,20-23,26-33,35-38H,7H2,1H3;1H2. The van der Waals surface area contributed by atoms with Gasteiger partial charge in [-0.3, -0.25) is 4.79 Å². The lowest BCUT2D eigenvalue weighted by Gasteiger charge is -2.42. The number of phenols is 4. The molecule has 0 saturated carbocycles. The van der Waals surface area contributed by atoms with Gasteiger partial charge in [0, 0.05) is 17.7 Å². The lowest BCUT2D eigenvalue weighted by atomic mass is 9.98. The van der Waals surface area contributed by atoms with Crippen LogP contribution in [-0.2, 0) is 14.2 Å². The Morgan fingerprint density at radius 1 is 0.750 bits per heavy atom. The van der Waals surface area contributed by atoms with E-state index in [1.165, 1.54) is 13.0 Å². The molecule has 2 saturated heterocycles. The zero-order chi connectivity index (χ0) is 31.3. The van der Waals surface area contributed by atoms with Crippen molar-refractivity contribution in [3.8, 4) is 40.1 Å². The Morgan fingerprint density at radius 2 is 1.41 bits per heavy atom. The monoisotopic (exact) mass is 628 g/mol. The molecule has 17 nitrogen and oxygen atoms in total. The fraction of sp³-hybridized carbons (Fsp3) is 0.444. The quantitative estimate of drug-likeness (QED) is 0.126. The lowest BCUT2D eigenvalue weighted by molar-refractivity contribution is -0.318. The van der Waals surface area contributed by atoms with Crippen LogP contribution in [0.1, 0.15) is 6.92 Å². The zero-order valence-electron chi connectivity index (χ0n) is 22.8. The second kappa shape index (κ2) is 12.7. The fourth-order valence-electron chi connectivity index (χ4n) is 4.84. The summed E-state index contributed by atoms with van der Waals surface area (Å²) < 4.78 is 27.8. The smallest absolute Gasteiger partial charge is 0.239 e. The van der Waals surface area contributed by atoms with E-state index >= 15 is 0 Å². The largest absolute Gasteiger partial charge is 0.508 e. The summed E-state index contributed by atoms with van der Waals surface area (Å²) in [5.41, 5.74) is -1.35. The van der Waals surface area contributed by atoms with E-state index in [1.807, 2.05) is 0 Å². The zero-order valence-corrected chi connectivity index (χ0v) is 22.8. The number of hydrogen-bond donors (Lipinski definition) is 10. The predicted molar refractivity (Wildman–Crippen MR) is 144 cm³/mol. The van der Waals surface area contributed by atoms with Crippen LogP contribution in [0.5, 0.6) is 28.7 Å². The summed E-state index contributed by atoms with van der Waals surface area (Å²) in [7, 11) is 0. The molecular formula is C27H32O17. The van der Waals surface area contributed by atoms with Crippen molar-refractivity contribution in [3.63, 3.8) is 0 Å². The second-order valence-corrected chi connectivity index (χ2v) is 10.3. The van der Waals surface area contributed by atoms with Crippen molar-refractivity contribution in [2.45, 2.75) is 68.3 Å². The SMILES string of the molecule is CC1OC(OCC2OC(Oc3c(-c4ccc(O)c(O)c4)oc4cc(O)cc(O)c4c3=O)C(O)C(O)C2O)C(O)C(O)C1O.O. The molecule has 17 heteroatoms. The van der Waals surface area contributed by atoms with E-state index in [9.17, 15) is 55.9 Å². The van der Waals surface area contributed by atoms with Gasteiger partial charge in [-0.25, -0.2) is 0 Å². The van der Waals surface area contributed by atoms with Gasteiger partial charge in [0.1, 0.15) is 65.2 Å². The van der Waals surface area contributed by atoms with Gasteiger partial charge in [-0.2, -0.15) is 0 Å². The van der Waals surface area contributed by atoms with Crippen molar-refractivity contribution < 1.29 is 79.9 Å². The molecule has 0 radical (unpaired) electrons. The number of aliphatic hydroxyl groups is 6. The Balaban J connectivity index is 0.00000442. The van der Waals surface area contributed by atoms with Crippen LogP contribution in [0.4, 0.5) is 0 Å². The third-order valence-corrected chi connectivity index (χ3v) is 7.29. The van der Waals surface area contributed by atoms with Gasteiger partial charge in [0.05, 0.1) is 12.7 Å². The second-order valence-electron chi connectivity index (χ2n) is 10.3. The minimum absolute atomic E-state index is 0. The van der Waals surface area contributed by atoms with Gasteiger partial charge in [-0.05, 0) is 25.1 Å². The molecule has 12 N–H and O–H groups in total. The molecule has 2 aliphatic rings. The summed E-state index contributed by atoms with van der Waals surface area (Å²) in [6.07, 6.45) is -16.2. The van der Waals surface area contributed by atoms with Gasteiger partial charge in [-0.15, -0.1) is 0 Å². The van der Waals surface area contributed by atoms with Crippen LogP contribution in [0, 0.1) is 0 Å². The van der Waals surface area contributed by atoms with Gasteiger partial charge in [0.15, 0.2) is 23.5 Å². The number of hydrogen-bond acceptors (Lipinski definition) is 16. The highest BCUT2D eigenvalue weighted by molar-refractivity contribution is 5.88. The Kier molecular flexibility index (Phi) is 9.57. The van der Waals surface area contributed by atoms with Gasteiger partial charge in [0.25, 0.3) is 0 Å². The van der Waals surface area contributed by atoms with Crippen LogP contribution in [0.15, 0.2) is 39.5 Å². The Labute approximate surface area is 246 Å². The molecule has 2 aromatic carbocycles. The van der Waals surface area contributed by atoms with E-state index < -0.39 is 113 Å². The molecule has 10 atom stereocenters. The summed E-state index contributed by atoms with van der Waals surface area (Å²) in [5, 5.41) is 101. The minimum atomic E-state index is -1.97. The minimum Gasteiger partial charge on any atom is -0.508 e. The average molecular weight is 629 g/mol. The van der Waals surface area contributed by atoms with E-state index in [4.69, 9.17) is 23.4 Å². The molecule has 3 heterocycles. The predicted octanol–water partition coefficient (Wildman–Crippen LogP) is -2.51. The third-order valence-electron chi connectivity index (χ3n) is 7.29. The van der Waals surface area contributed by atoms with Crippen molar-refractivity contribution in [2.75, 3.05) is 6.61 Å². The Bertz CT molecular complexity index is 1540. The van der Waals surface area contributed by atoms with Crippen LogP contribution < -0.4 is 10.2 Å². The summed E-state index contributed by atoms with van der Waals surface area (Å²) in [6, 6.07) is 5.24. The lowest BCUT2D eigenvalue weighted by Crippen LogP contribution is -2.61. The molecule has 44 heavy (non-hydrogen) atoms. The summed E-state index contributed by atoms with van der Waals surface area (Å²) >= 11 is 0. The van der Waals surface area contributed by atoms with E-state index in [2.05, 4.69) is 0 Å². The number of phenolic OH excluding ortho intramolecular Hbond substituents is 4. The van der Waals surface area contributed by atoms with Crippen LogP contribution in [-0.4, -0.2) is 125 Å². The highest BCUT2D eigenvalue weighted by Crippen LogP contribution is 2.39. The molecule has 1 aromatic heterocycles. The van der Waals surface area contributed by atoms with E-state index in [-0.39, 0.29) is 16.6 Å². The van der Waals surface area contributed by atoms with E-state index in [0.717, 1.165) is 24.3 Å². The number of aromatic hydroxyl groups is 4. The van der Waals surface area contributed by atoms with Crippen molar-refractivity contribution in [3.05, 3.63) is 40.6 Å². The Morgan fingerprint density at radius 3 is 2.09 bits per heavy atom. The molecular weight excluding hydrogens is 596 g/mol. The topological polar surface area (TPSA) is 301 Å². The maximum absolute atomic E-state index is 13.6. The van der Waals surface area contributed by atoms with E-state index in [1.54, 1.807) is 0 Å². The number of aliphatic hydroxyl groups excluding tert-OH is 6. The Hall–Kier alpha value is -3.75. The molecule has 2 fully saturated rings. The number of fused-ring (bicyclic) bond motifs is 1. The van der Waals surface area contributed by atoms with Gasteiger partial charge < -0.3 is 79.9 Å². The average Bonchev–Trinajstić information content (AvgIpc) is 2.96. The molecule has 3 aromatic rings. The summed E-state index contributed by atoms with van der Waals surface area (Å²) in [5.74, 6) is -3.33.